The Hall–Kier alpha value is -3.14. The Bertz CT molecular complexity index is 726. The Kier molecular flexibility index (Phi) is 6.29. The van der Waals surface area contributed by atoms with E-state index in [9.17, 15) is 9.59 Å². The molecule has 0 aliphatic carbocycles. The molecule has 0 unspecified atom stereocenters. The summed E-state index contributed by atoms with van der Waals surface area (Å²) in [4.78, 5) is 23.2. The first-order valence-corrected chi connectivity index (χ1v) is 7.97. The summed E-state index contributed by atoms with van der Waals surface area (Å²) in [6.07, 6.45) is 2.97. The van der Waals surface area contributed by atoms with Gasteiger partial charge in [0.15, 0.2) is 0 Å². The summed E-state index contributed by atoms with van der Waals surface area (Å²) in [5.74, 6) is -0.224. The van der Waals surface area contributed by atoms with Crippen molar-refractivity contribution in [1.82, 2.24) is 0 Å². The van der Waals surface area contributed by atoms with Gasteiger partial charge in [0.1, 0.15) is 11.5 Å². The van der Waals surface area contributed by atoms with E-state index in [1.165, 1.54) is 0 Å². The van der Waals surface area contributed by atoms with Crippen molar-refractivity contribution in [2.24, 2.45) is 0 Å². The molecule has 2 aromatic rings. The molecule has 4 heteroatoms. The Morgan fingerprint density at radius 1 is 0.880 bits per heavy atom. The third kappa shape index (κ3) is 4.44. The van der Waals surface area contributed by atoms with Crippen LogP contribution < -0.4 is 9.47 Å². The maximum atomic E-state index is 11.6. The van der Waals surface area contributed by atoms with Crippen LogP contribution in [0.4, 0.5) is 0 Å². The van der Waals surface area contributed by atoms with Crippen molar-refractivity contribution in [3.05, 3.63) is 85.0 Å². The fourth-order valence-electron chi connectivity index (χ4n) is 2.63. The standard InChI is InChI=1S/C21H20O4/c1-4-15(16-11-7-9-13-18(16)24-20(22)5-2)17-12-8-10-14-19(17)25-21(23)6-3/h5-15H,2-4H2,1H3. The highest BCUT2D eigenvalue weighted by molar-refractivity contribution is 5.84. The highest BCUT2D eigenvalue weighted by Crippen LogP contribution is 2.38. The van der Waals surface area contributed by atoms with Crippen LogP contribution >= 0.6 is 0 Å². The van der Waals surface area contributed by atoms with Gasteiger partial charge in [-0.3, -0.25) is 0 Å². The lowest BCUT2D eigenvalue weighted by atomic mass is 9.88. The molecule has 0 amide bonds. The number of ether oxygens (including phenoxy) is 2. The van der Waals surface area contributed by atoms with Gasteiger partial charge in [-0.2, -0.15) is 0 Å². The maximum Gasteiger partial charge on any atom is 0.335 e. The Morgan fingerprint density at radius 3 is 1.64 bits per heavy atom. The number of rotatable bonds is 7. The molecule has 2 rings (SSSR count). The van der Waals surface area contributed by atoms with Crippen molar-refractivity contribution in [1.29, 1.82) is 0 Å². The van der Waals surface area contributed by atoms with Gasteiger partial charge in [-0.15, -0.1) is 0 Å². The summed E-state index contributed by atoms with van der Waals surface area (Å²) in [6.45, 7) is 8.87. The van der Waals surface area contributed by atoms with Crippen LogP contribution in [0.15, 0.2) is 73.8 Å². The molecule has 2 aromatic carbocycles. The van der Waals surface area contributed by atoms with E-state index < -0.39 is 11.9 Å². The highest BCUT2D eigenvalue weighted by atomic mass is 16.5. The number of hydrogen-bond donors (Lipinski definition) is 0. The summed E-state index contributed by atoms with van der Waals surface area (Å²) >= 11 is 0. The lowest BCUT2D eigenvalue weighted by Crippen LogP contribution is -2.11. The van der Waals surface area contributed by atoms with Crippen molar-refractivity contribution in [2.45, 2.75) is 19.3 Å². The molecule has 0 heterocycles. The molecule has 4 nitrogen and oxygen atoms in total. The molecule has 0 N–H and O–H groups in total. The Morgan fingerprint density at radius 2 is 1.28 bits per heavy atom. The van der Waals surface area contributed by atoms with Gasteiger partial charge in [-0.05, 0) is 18.6 Å². The molecule has 25 heavy (non-hydrogen) atoms. The molecule has 0 saturated carbocycles. The number of para-hydroxylation sites is 2. The van der Waals surface area contributed by atoms with Crippen LogP contribution in [0, 0.1) is 0 Å². The molecule has 0 bridgehead atoms. The molecular formula is C21H20O4. The first-order chi connectivity index (χ1) is 12.1. The van der Waals surface area contributed by atoms with Gasteiger partial charge in [0.05, 0.1) is 0 Å². The number of carbonyl (C=O) groups excluding carboxylic acids is 2. The molecule has 0 saturated heterocycles. The van der Waals surface area contributed by atoms with Crippen LogP contribution in [-0.2, 0) is 9.59 Å². The molecule has 0 spiro atoms. The van der Waals surface area contributed by atoms with E-state index in [1.807, 2.05) is 31.2 Å². The summed E-state index contributed by atoms with van der Waals surface area (Å²) < 4.78 is 10.7. The van der Waals surface area contributed by atoms with Gasteiger partial charge >= 0.3 is 11.9 Å². The number of esters is 2. The van der Waals surface area contributed by atoms with E-state index in [4.69, 9.17) is 9.47 Å². The fraction of sp³-hybridized carbons (Fsp3) is 0.143. The van der Waals surface area contributed by atoms with E-state index in [0.717, 1.165) is 29.7 Å². The van der Waals surface area contributed by atoms with Crippen molar-refractivity contribution in [2.75, 3.05) is 0 Å². The molecule has 0 radical (unpaired) electrons. The van der Waals surface area contributed by atoms with E-state index in [0.29, 0.717) is 11.5 Å². The number of benzene rings is 2. The molecule has 0 aliphatic heterocycles. The summed E-state index contributed by atoms with van der Waals surface area (Å²) in [5.41, 5.74) is 1.67. The average molecular weight is 336 g/mol. The summed E-state index contributed by atoms with van der Waals surface area (Å²) in [5, 5.41) is 0. The second-order valence-electron chi connectivity index (χ2n) is 5.29. The minimum atomic E-state index is -0.520. The zero-order valence-electron chi connectivity index (χ0n) is 14.1. The van der Waals surface area contributed by atoms with Gasteiger partial charge in [0.25, 0.3) is 0 Å². The molecular weight excluding hydrogens is 316 g/mol. The minimum Gasteiger partial charge on any atom is -0.423 e. The lowest BCUT2D eigenvalue weighted by Gasteiger charge is -2.21. The van der Waals surface area contributed by atoms with Gasteiger partial charge in [-0.25, -0.2) is 9.59 Å². The van der Waals surface area contributed by atoms with E-state index in [2.05, 4.69) is 13.2 Å². The predicted octanol–water partition coefficient (Wildman–Crippen LogP) is 4.41. The lowest BCUT2D eigenvalue weighted by molar-refractivity contribution is -0.129. The van der Waals surface area contributed by atoms with Crippen molar-refractivity contribution >= 4 is 11.9 Å². The van der Waals surface area contributed by atoms with Crippen molar-refractivity contribution < 1.29 is 19.1 Å². The SMILES string of the molecule is C=CC(=O)Oc1ccccc1C(CC)c1ccccc1OC(=O)C=C. The number of hydrogen-bond acceptors (Lipinski definition) is 4. The van der Waals surface area contributed by atoms with Gasteiger partial charge in [0, 0.05) is 29.2 Å². The monoisotopic (exact) mass is 336 g/mol. The molecule has 0 atom stereocenters. The van der Waals surface area contributed by atoms with Crippen LogP contribution in [0.1, 0.15) is 30.4 Å². The predicted molar refractivity (Wildman–Crippen MR) is 96.7 cm³/mol. The second kappa shape index (κ2) is 8.64. The van der Waals surface area contributed by atoms with E-state index in [1.54, 1.807) is 24.3 Å². The fourth-order valence-corrected chi connectivity index (χ4v) is 2.63. The smallest absolute Gasteiger partial charge is 0.335 e. The van der Waals surface area contributed by atoms with E-state index in [-0.39, 0.29) is 5.92 Å². The van der Waals surface area contributed by atoms with Crippen LogP contribution in [-0.4, -0.2) is 11.9 Å². The molecule has 0 aliphatic rings. The third-order valence-electron chi connectivity index (χ3n) is 3.75. The average Bonchev–Trinajstić information content (AvgIpc) is 2.64. The van der Waals surface area contributed by atoms with Gasteiger partial charge < -0.3 is 9.47 Å². The second-order valence-corrected chi connectivity index (χ2v) is 5.29. The molecule has 0 fully saturated rings. The van der Waals surface area contributed by atoms with E-state index >= 15 is 0 Å². The summed E-state index contributed by atoms with van der Waals surface area (Å²) in [6, 6.07) is 14.6. The number of carbonyl (C=O) groups is 2. The van der Waals surface area contributed by atoms with Crippen LogP contribution in [0.25, 0.3) is 0 Å². The van der Waals surface area contributed by atoms with Crippen molar-refractivity contribution in [3.63, 3.8) is 0 Å². The quantitative estimate of drug-likeness (QED) is 0.427. The summed E-state index contributed by atoms with van der Waals surface area (Å²) in [7, 11) is 0. The first-order valence-electron chi connectivity index (χ1n) is 7.97. The normalized spacial score (nSPS) is 10.2. The van der Waals surface area contributed by atoms with Crippen LogP contribution in [0.2, 0.25) is 0 Å². The first kappa shape index (κ1) is 18.2. The highest BCUT2D eigenvalue weighted by Gasteiger charge is 2.21. The zero-order valence-corrected chi connectivity index (χ0v) is 14.1. The largest absolute Gasteiger partial charge is 0.423 e. The maximum absolute atomic E-state index is 11.6. The third-order valence-corrected chi connectivity index (χ3v) is 3.75. The Balaban J connectivity index is 2.48. The minimum absolute atomic E-state index is 0.109. The van der Waals surface area contributed by atoms with Gasteiger partial charge in [-0.1, -0.05) is 56.5 Å². The Labute approximate surface area is 147 Å². The zero-order chi connectivity index (χ0) is 18.2. The van der Waals surface area contributed by atoms with Gasteiger partial charge in [0.2, 0.25) is 0 Å². The topological polar surface area (TPSA) is 52.6 Å². The molecule has 128 valence electrons. The van der Waals surface area contributed by atoms with Crippen molar-refractivity contribution in [3.8, 4) is 11.5 Å². The van der Waals surface area contributed by atoms with Crippen LogP contribution in [0.5, 0.6) is 11.5 Å². The molecule has 0 aromatic heterocycles. The van der Waals surface area contributed by atoms with Crippen LogP contribution in [0.3, 0.4) is 0 Å².